The predicted molar refractivity (Wildman–Crippen MR) is 108 cm³/mol. The summed E-state index contributed by atoms with van der Waals surface area (Å²) in [5.41, 5.74) is 2.73. The highest BCUT2D eigenvalue weighted by Gasteiger charge is 2.21. The molecule has 2 heterocycles. The first-order valence-electron chi connectivity index (χ1n) is 9.01. The van der Waals surface area contributed by atoms with Crippen molar-refractivity contribution in [1.29, 1.82) is 0 Å². The van der Waals surface area contributed by atoms with Gasteiger partial charge in [0.25, 0.3) is 0 Å². The van der Waals surface area contributed by atoms with E-state index in [0.29, 0.717) is 12.5 Å². The molecular formula is C21H23BrN2O2. The third kappa shape index (κ3) is 3.46. The number of hydrogen-bond acceptors (Lipinski definition) is 3. The van der Waals surface area contributed by atoms with Gasteiger partial charge in [-0.15, -0.1) is 0 Å². The number of ether oxygens (including phenoxy) is 2. The highest BCUT2D eigenvalue weighted by atomic mass is 79.9. The summed E-state index contributed by atoms with van der Waals surface area (Å²) in [7, 11) is 1.67. The fourth-order valence-corrected chi connectivity index (χ4v) is 4.05. The van der Waals surface area contributed by atoms with E-state index in [1.165, 1.54) is 16.6 Å². The Morgan fingerprint density at radius 1 is 1.15 bits per heavy atom. The monoisotopic (exact) mass is 414 g/mol. The van der Waals surface area contributed by atoms with E-state index in [1.54, 1.807) is 7.11 Å². The van der Waals surface area contributed by atoms with E-state index in [1.807, 2.05) is 18.2 Å². The van der Waals surface area contributed by atoms with Crippen molar-refractivity contribution >= 4 is 26.8 Å². The van der Waals surface area contributed by atoms with Crippen LogP contribution in [0.3, 0.4) is 0 Å². The van der Waals surface area contributed by atoms with E-state index in [9.17, 15) is 0 Å². The molecule has 0 aliphatic carbocycles. The Bertz CT molecular complexity index is 906. The molecule has 5 heteroatoms. The first kappa shape index (κ1) is 17.4. The lowest BCUT2D eigenvalue weighted by atomic mass is 10.0. The van der Waals surface area contributed by atoms with E-state index < -0.39 is 0 Å². The highest BCUT2D eigenvalue weighted by Crippen LogP contribution is 2.32. The van der Waals surface area contributed by atoms with Crippen LogP contribution in [0, 0.1) is 0 Å². The van der Waals surface area contributed by atoms with Crippen molar-refractivity contribution < 1.29 is 9.47 Å². The smallest absolute Gasteiger partial charge is 0.161 e. The van der Waals surface area contributed by atoms with Gasteiger partial charge in [0, 0.05) is 41.2 Å². The zero-order valence-corrected chi connectivity index (χ0v) is 16.5. The maximum Gasteiger partial charge on any atom is 0.161 e. The Balaban J connectivity index is 1.51. The molecule has 0 radical (unpaired) electrons. The zero-order valence-electron chi connectivity index (χ0n) is 14.9. The number of para-hydroxylation sites is 1. The van der Waals surface area contributed by atoms with E-state index in [4.69, 9.17) is 9.47 Å². The molecule has 26 heavy (non-hydrogen) atoms. The van der Waals surface area contributed by atoms with Gasteiger partial charge in [-0.3, -0.25) is 0 Å². The number of rotatable bonds is 5. The first-order valence-corrected chi connectivity index (χ1v) is 9.81. The molecule has 0 saturated carbocycles. The van der Waals surface area contributed by atoms with Gasteiger partial charge < -0.3 is 19.4 Å². The topological polar surface area (TPSA) is 35.4 Å². The lowest BCUT2D eigenvalue weighted by Crippen LogP contribution is -2.21. The molecule has 4 nitrogen and oxygen atoms in total. The van der Waals surface area contributed by atoms with Crippen LogP contribution in [0.5, 0.6) is 11.5 Å². The average molecular weight is 415 g/mol. The van der Waals surface area contributed by atoms with Crippen molar-refractivity contribution in [3.05, 3.63) is 58.7 Å². The van der Waals surface area contributed by atoms with Gasteiger partial charge in [0.2, 0.25) is 0 Å². The number of methoxy groups -OCH3 is 1. The molecule has 0 saturated heterocycles. The van der Waals surface area contributed by atoms with Crippen molar-refractivity contribution in [3.63, 3.8) is 0 Å². The normalized spacial score (nSPS) is 16.9. The van der Waals surface area contributed by atoms with Gasteiger partial charge >= 0.3 is 0 Å². The fourth-order valence-electron chi connectivity index (χ4n) is 3.71. The van der Waals surface area contributed by atoms with E-state index in [2.05, 4.69) is 56.1 Å². The summed E-state index contributed by atoms with van der Waals surface area (Å²) in [6.45, 7) is 3.66. The maximum atomic E-state index is 6.03. The van der Waals surface area contributed by atoms with Gasteiger partial charge in [0.05, 0.1) is 13.7 Å². The number of nitrogens with one attached hydrogen (secondary N) is 1. The minimum absolute atomic E-state index is 0.436. The maximum absolute atomic E-state index is 6.03. The summed E-state index contributed by atoms with van der Waals surface area (Å²) in [6.07, 6.45) is 0.961. The van der Waals surface area contributed by atoms with Gasteiger partial charge in [-0.25, -0.2) is 0 Å². The Morgan fingerprint density at radius 2 is 2.04 bits per heavy atom. The summed E-state index contributed by atoms with van der Waals surface area (Å²) in [5.74, 6) is 1.98. The summed E-state index contributed by atoms with van der Waals surface area (Å²) >= 11 is 3.46. The third-order valence-corrected chi connectivity index (χ3v) is 5.51. The summed E-state index contributed by atoms with van der Waals surface area (Å²) in [6, 6.07) is 16.8. The van der Waals surface area contributed by atoms with Crippen LogP contribution in [0.25, 0.3) is 10.9 Å². The molecule has 4 rings (SSSR count). The second-order valence-electron chi connectivity index (χ2n) is 6.61. The van der Waals surface area contributed by atoms with Crippen LogP contribution in [0.2, 0.25) is 0 Å². The largest absolute Gasteiger partial charge is 0.493 e. The minimum atomic E-state index is 0.436. The van der Waals surface area contributed by atoms with Gasteiger partial charge in [-0.2, -0.15) is 0 Å². The first-order chi connectivity index (χ1) is 12.8. The third-order valence-electron chi connectivity index (χ3n) is 5.01. The second-order valence-corrected chi connectivity index (χ2v) is 7.53. The van der Waals surface area contributed by atoms with Crippen molar-refractivity contribution in [3.8, 4) is 11.5 Å². The molecule has 0 bridgehead atoms. The van der Waals surface area contributed by atoms with Gasteiger partial charge in [0.15, 0.2) is 11.5 Å². The van der Waals surface area contributed by atoms with Crippen LogP contribution in [0.1, 0.15) is 18.0 Å². The van der Waals surface area contributed by atoms with Crippen LogP contribution in [0.15, 0.2) is 53.0 Å². The van der Waals surface area contributed by atoms with Gasteiger partial charge in [-0.05, 0) is 42.1 Å². The average Bonchev–Trinajstić information content (AvgIpc) is 2.91. The van der Waals surface area contributed by atoms with Crippen molar-refractivity contribution in [2.75, 3.05) is 26.8 Å². The Morgan fingerprint density at radius 3 is 2.92 bits per heavy atom. The zero-order chi connectivity index (χ0) is 17.9. The molecule has 1 atom stereocenters. The molecule has 3 aromatic rings. The lowest BCUT2D eigenvalue weighted by Gasteiger charge is -2.17. The van der Waals surface area contributed by atoms with Crippen LogP contribution in [-0.4, -0.2) is 31.4 Å². The van der Waals surface area contributed by atoms with E-state index in [-0.39, 0.29) is 0 Å². The molecule has 2 aromatic carbocycles. The predicted octanol–water partition coefficient (Wildman–Crippen LogP) is 4.57. The van der Waals surface area contributed by atoms with Crippen LogP contribution in [-0.2, 0) is 6.54 Å². The fraction of sp³-hybridized carbons (Fsp3) is 0.333. The number of halogens is 1. The summed E-state index contributed by atoms with van der Waals surface area (Å²) < 4.78 is 14.9. The Labute approximate surface area is 162 Å². The molecular weight excluding hydrogens is 392 g/mol. The lowest BCUT2D eigenvalue weighted by molar-refractivity contribution is 0.277. The molecule has 0 spiro atoms. The SMILES string of the molecule is COc1cc(Br)ccc1OCCC1CNCCn2c1cc1ccccc12. The van der Waals surface area contributed by atoms with Crippen molar-refractivity contribution in [2.24, 2.45) is 0 Å². The molecule has 1 aliphatic rings. The number of aromatic nitrogens is 1. The Kier molecular flexibility index (Phi) is 5.18. The number of hydrogen-bond donors (Lipinski definition) is 1. The van der Waals surface area contributed by atoms with Crippen LogP contribution in [0.4, 0.5) is 0 Å². The number of benzene rings is 2. The van der Waals surface area contributed by atoms with E-state index >= 15 is 0 Å². The molecule has 1 N–H and O–H groups in total. The number of nitrogens with zero attached hydrogens (tertiary/aromatic N) is 1. The minimum Gasteiger partial charge on any atom is -0.493 e. The van der Waals surface area contributed by atoms with E-state index in [0.717, 1.165) is 42.0 Å². The molecule has 1 aliphatic heterocycles. The highest BCUT2D eigenvalue weighted by molar-refractivity contribution is 9.10. The van der Waals surface area contributed by atoms with Crippen LogP contribution < -0.4 is 14.8 Å². The molecule has 0 amide bonds. The van der Waals surface area contributed by atoms with Crippen LogP contribution >= 0.6 is 15.9 Å². The molecule has 1 unspecified atom stereocenters. The quantitative estimate of drug-likeness (QED) is 0.663. The number of fused-ring (bicyclic) bond motifs is 3. The summed E-state index contributed by atoms with van der Waals surface area (Å²) in [4.78, 5) is 0. The van der Waals surface area contributed by atoms with Crippen molar-refractivity contribution in [2.45, 2.75) is 18.9 Å². The van der Waals surface area contributed by atoms with Gasteiger partial charge in [0.1, 0.15) is 0 Å². The standard InChI is InChI=1S/C21H23BrN2O2/c1-25-21-13-17(22)6-7-20(21)26-11-8-16-14-23-9-10-24-18-5-3-2-4-15(18)12-19(16)24/h2-7,12-13,16,23H,8-11,14H2,1H3. The Hall–Kier alpha value is -1.98. The molecule has 0 fully saturated rings. The molecule has 136 valence electrons. The summed E-state index contributed by atoms with van der Waals surface area (Å²) in [5, 5.41) is 4.89. The molecule has 1 aromatic heterocycles. The van der Waals surface area contributed by atoms with Crippen molar-refractivity contribution in [1.82, 2.24) is 9.88 Å². The van der Waals surface area contributed by atoms with Gasteiger partial charge in [-0.1, -0.05) is 34.1 Å². The second kappa shape index (κ2) is 7.72.